The average molecular weight is 361 g/mol. The van der Waals surface area contributed by atoms with Gasteiger partial charge in [-0.2, -0.15) is 0 Å². The molecule has 2 aromatic rings. The molecule has 7 heteroatoms. The SMILES string of the molecule is O=S1(=O)CCC(Cn2c(=S)[nH]c3cc(Br)ccc32)C1. The van der Waals surface area contributed by atoms with Crippen LogP contribution in [0.15, 0.2) is 22.7 Å². The molecule has 1 fully saturated rings. The molecule has 3 rings (SSSR count). The summed E-state index contributed by atoms with van der Waals surface area (Å²) in [7, 11) is -2.84. The Labute approximate surface area is 124 Å². The van der Waals surface area contributed by atoms with Gasteiger partial charge in [0.1, 0.15) is 0 Å². The molecule has 102 valence electrons. The number of aromatic nitrogens is 2. The molecule has 1 N–H and O–H groups in total. The van der Waals surface area contributed by atoms with Crippen LogP contribution in [-0.4, -0.2) is 29.5 Å². The van der Waals surface area contributed by atoms with E-state index in [9.17, 15) is 8.42 Å². The van der Waals surface area contributed by atoms with E-state index in [0.29, 0.717) is 17.1 Å². The Balaban J connectivity index is 1.97. The van der Waals surface area contributed by atoms with E-state index in [4.69, 9.17) is 12.2 Å². The van der Waals surface area contributed by atoms with Crippen LogP contribution in [0.3, 0.4) is 0 Å². The first kappa shape index (κ1) is 13.3. The van der Waals surface area contributed by atoms with Gasteiger partial charge in [0.25, 0.3) is 0 Å². The van der Waals surface area contributed by atoms with E-state index in [0.717, 1.165) is 21.9 Å². The Bertz CT molecular complexity index is 792. The van der Waals surface area contributed by atoms with Crippen LogP contribution in [-0.2, 0) is 16.4 Å². The number of H-pyrrole nitrogens is 1. The van der Waals surface area contributed by atoms with Crippen LogP contribution in [0.25, 0.3) is 11.0 Å². The summed E-state index contributed by atoms with van der Waals surface area (Å²) >= 11 is 8.76. The Hall–Kier alpha value is -0.660. The van der Waals surface area contributed by atoms with Crippen molar-refractivity contribution in [1.82, 2.24) is 9.55 Å². The number of imidazole rings is 1. The molecule has 1 aromatic carbocycles. The summed E-state index contributed by atoms with van der Waals surface area (Å²) in [6, 6.07) is 5.94. The summed E-state index contributed by atoms with van der Waals surface area (Å²) in [4.78, 5) is 3.16. The van der Waals surface area contributed by atoms with Crippen molar-refractivity contribution >= 4 is 49.0 Å². The molecule has 0 amide bonds. The van der Waals surface area contributed by atoms with Gasteiger partial charge in [-0.25, -0.2) is 8.42 Å². The van der Waals surface area contributed by atoms with E-state index in [2.05, 4.69) is 20.9 Å². The molecule has 19 heavy (non-hydrogen) atoms. The molecule has 0 spiro atoms. The van der Waals surface area contributed by atoms with Crippen molar-refractivity contribution in [3.8, 4) is 0 Å². The van der Waals surface area contributed by atoms with Crippen molar-refractivity contribution in [3.05, 3.63) is 27.4 Å². The minimum Gasteiger partial charge on any atom is -0.331 e. The average Bonchev–Trinajstić information content (AvgIpc) is 2.80. The van der Waals surface area contributed by atoms with Gasteiger partial charge < -0.3 is 9.55 Å². The minimum absolute atomic E-state index is 0.166. The fourth-order valence-electron chi connectivity index (χ4n) is 2.59. The number of rotatable bonds is 2. The van der Waals surface area contributed by atoms with Gasteiger partial charge in [0.05, 0.1) is 22.5 Å². The highest BCUT2D eigenvalue weighted by Crippen LogP contribution is 2.24. The number of hydrogen-bond donors (Lipinski definition) is 1. The molecule has 0 radical (unpaired) electrons. The summed E-state index contributed by atoms with van der Waals surface area (Å²) in [5.41, 5.74) is 2.00. The predicted molar refractivity (Wildman–Crippen MR) is 81.6 cm³/mol. The van der Waals surface area contributed by atoms with Gasteiger partial charge in [0.15, 0.2) is 14.6 Å². The smallest absolute Gasteiger partial charge is 0.178 e. The molecule has 1 aliphatic heterocycles. The molecule has 1 unspecified atom stereocenters. The lowest BCUT2D eigenvalue weighted by molar-refractivity contribution is 0.495. The molecular formula is C12H13BrN2O2S2. The van der Waals surface area contributed by atoms with Gasteiger partial charge in [0, 0.05) is 11.0 Å². The Morgan fingerprint density at radius 3 is 2.95 bits per heavy atom. The number of halogens is 1. The number of sulfone groups is 1. The molecule has 1 aliphatic rings. The maximum atomic E-state index is 11.5. The van der Waals surface area contributed by atoms with Gasteiger partial charge in [0.2, 0.25) is 0 Å². The summed E-state index contributed by atoms with van der Waals surface area (Å²) in [5, 5.41) is 0. The standard InChI is InChI=1S/C12H13BrN2O2S2/c13-9-1-2-11-10(5-9)14-12(18)15(11)6-8-3-4-19(16,17)7-8/h1-2,5,8H,3-4,6-7H2,(H,14,18). The fourth-order valence-corrected chi connectivity index (χ4v) is 5.08. The van der Waals surface area contributed by atoms with Crippen LogP contribution in [0.5, 0.6) is 0 Å². The number of hydrogen-bond acceptors (Lipinski definition) is 3. The first-order valence-electron chi connectivity index (χ1n) is 6.03. The van der Waals surface area contributed by atoms with Crippen LogP contribution in [0.4, 0.5) is 0 Å². The molecule has 0 bridgehead atoms. The highest BCUT2D eigenvalue weighted by atomic mass is 79.9. The van der Waals surface area contributed by atoms with Crippen molar-refractivity contribution in [1.29, 1.82) is 0 Å². The minimum atomic E-state index is -2.84. The number of fused-ring (bicyclic) bond motifs is 1. The third kappa shape index (κ3) is 2.64. The van der Waals surface area contributed by atoms with Crippen LogP contribution in [0, 0.1) is 10.7 Å². The van der Waals surface area contributed by atoms with Crippen LogP contribution in [0.1, 0.15) is 6.42 Å². The summed E-state index contributed by atoms with van der Waals surface area (Å²) in [6.45, 7) is 0.666. The van der Waals surface area contributed by atoms with Crippen molar-refractivity contribution in [3.63, 3.8) is 0 Å². The lowest BCUT2D eigenvalue weighted by Gasteiger charge is -2.09. The van der Waals surface area contributed by atoms with Crippen molar-refractivity contribution in [2.45, 2.75) is 13.0 Å². The number of aromatic amines is 1. The van der Waals surface area contributed by atoms with E-state index in [1.54, 1.807) is 0 Å². The third-order valence-electron chi connectivity index (χ3n) is 3.50. The van der Waals surface area contributed by atoms with E-state index >= 15 is 0 Å². The van der Waals surface area contributed by atoms with Crippen molar-refractivity contribution < 1.29 is 8.42 Å². The quantitative estimate of drug-likeness (QED) is 0.837. The number of nitrogens with one attached hydrogen (secondary N) is 1. The van der Waals surface area contributed by atoms with Gasteiger partial charge in [-0.1, -0.05) is 15.9 Å². The second-order valence-corrected chi connectivity index (χ2v) is 8.50. The van der Waals surface area contributed by atoms with Crippen molar-refractivity contribution in [2.75, 3.05) is 11.5 Å². The van der Waals surface area contributed by atoms with Gasteiger partial charge in [-0.15, -0.1) is 0 Å². The van der Waals surface area contributed by atoms with Gasteiger partial charge >= 0.3 is 0 Å². The van der Waals surface area contributed by atoms with E-state index < -0.39 is 9.84 Å². The predicted octanol–water partition coefficient (Wildman–Crippen LogP) is 2.90. The molecule has 0 aliphatic carbocycles. The van der Waals surface area contributed by atoms with Crippen LogP contribution >= 0.6 is 28.1 Å². The van der Waals surface area contributed by atoms with E-state index in [1.165, 1.54) is 0 Å². The summed E-state index contributed by atoms with van der Waals surface area (Å²) in [5.74, 6) is 0.746. The lowest BCUT2D eigenvalue weighted by Crippen LogP contribution is -2.12. The monoisotopic (exact) mass is 360 g/mol. The first-order chi connectivity index (χ1) is 8.94. The highest BCUT2D eigenvalue weighted by molar-refractivity contribution is 9.10. The molecule has 0 saturated carbocycles. The first-order valence-corrected chi connectivity index (χ1v) is 9.05. The third-order valence-corrected chi connectivity index (χ3v) is 6.16. The molecular weight excluding hydrogens is 348 g/mol. The largest absolute Gasteiger partial charge is 0.331 e. The Kier molecular flexibility index (Phi) is 3.31. The zero-order valence-corrected chi connectivity index (χ0v) is 13.3. The zero-order chi connectivity index (χ0) is 13.6. The second kappa shape index (κ2) is 4.71. The normalized spacial score (nSPS) is 22.1. The maximum absolute atomic E-state index is 11.5. The summed E-state index contributed by atoms with van der Waals surface area (Å²) in [6.07, 6.45) is 0.729. The highest BCUT2D eigenvalue weighted by Gasteiger charge is 2.28. The molecule has 1 aromatic heterocycles. The van der Waals surface area contributed by atoms with Crippen LogP contribution < -0.4 is 0 Å². The van der Waals surface area contributed by atoms with Gasteiger partial charge in [-0.05, 0) is 42.8 Å². The van der Waals surface area contributed by atoms with Gasteiger partial charge in [-0.3, -0.25) is 0 Å². The lowest BCUT2D eigenvalue weighted by atomic mass is 10.1. The molecule has 4 nitrogen and oxygen atoms in total. The Morgan fingerprint density at radius 2 is 2.26 bits per heavy atom. The number of nitrogens with zero attached hydrogens (tertiary/aromatic N) is 1. The molecule has 1 saturated heterocycles. The maximum Gasteiger partial charge on any atom is 0.178 e. The van der Waals surface area contributed by atoms with Crippen LogP contribution in [0.2, 0.25) is 0 Å². The number of benzene rings is 1. The molecule has 1 atom stereocenters. The zero-order valence-electron chi connectivity index (χ0n) is 10.1. The van der Waals surface area contributed by atoms with E-state index in [1.807, 2.05) is 22.8 Å². The summed E-state index contributed by atoms with van der Waals surface area (Å²) < 4.78 is 26.7. The topological polar surface area (TPSA) is 54.9 Å². The molecule has 2 heterocycles. The fraction of sp³-hybridized carbons (Fsp3) is 0.417. The van der Waals surface area contributed by atoms with Crippen molar-refractivity contribution in [2.24, 2.45) is 5.92 Å². The Morgan fingerprint density at radius 1 is 1.47 bits per heavy atom. The second-order valence-electron chi connectivity index (χ2n) is 4.97. The van der Waals surface area contributed by atoms with E-state index in [-0.39, 0.29) is 11.7 Å².